The molecule has 2 aromatic heterocycles. The third-order valence-electron chi connectivity index (χ3n) is 4.50. The number of rotatable bonds is 5. The van der Waals surface area contributed by atoms with Crippen molar-refractivity contribution in [2.45, 2.75) is 24.8 Å². The van der Waals surface area contributed by atoms with Crippen molar-refractivity contribution in [2.24, 2.45) is 0 Å². The van der Waals surface area contributed by atoms with Crippen LogP contribution < -0.4 is 10.2 Å². The minimum Gasteiger partial charge on any atom is -0.497 e. The zero-order chi connectivity index (χ0) is 19.7. The maximum Gasteiger partial charge on any atom is 0.209 e. The Morgan fingerprint density at radius 1 is 1.14 bits per heavy atom. The number of ether oxygens (including phenoxy) is 1. The van der Waals surface area contributed by atoms with Crippen LogP contribution in [0.1, 0.15) is 16.8 Å². The van der Waals surface area contributed by atoms with Crippen LogP contribution in [0, 0.1) is 13.8 Å². The number of H-pyrrole nitrogens is 2. The average Bonchev–Trinajstić information content (AvgIpc) is 3.16. The van der Waals surface area contributed by atoms with Crippen molar-refractivity contribution >= 4 is 22.7 Å². The lowest BCUT2D eigenvalue weighted by Gasteiger charge is -2.07. The van der Waals surface area contributed by atoms with Crippen molar-refractivity contribution in [3.63, 3.8) is 0 Å². The molecule has 0 atom stereocenters. The van der Waals surface area contributed by atoms with Gasteiger partial charge in [0.25, 0.3) is 0 Å². The van der Waals surface area contributed by atoms with Gasteiger partial charge < -0.3 is 9.72 Å². The molecule has 4 rings (SSSR count). The number of nitrogens with one attached hydrogen (secondary N) is 2. The molecule has 0 aliphatic carbocycles. The number of aromatic nitrogens is 4. The third kappa shape index (κ3) is 3.66. The molecule has 0 saturated heterocycles. The Kier molecular flexibility index (Phi) is 4.92. The maximum absolute atomic E-state index is 12.5. The Hall–Kier alpha value is -3.06. The van der Waals surface area contributed by atoms with Crippen LogP contribution in [0.2, 0.25) is 0 Å². The van der Waals surface area contributed by atoms with Gasteiger partial charge in [-0.25, -0.2) is 4.98 Å². The normalized spacial score (nSPS) is 11.1. The summed E-state index contributed by atoms with van der Waals surface area (Å²) in [6.07, 6.45) is 0. The highest BCUT2D eigenvalue weighted by molar-refractivity contribution is 7.98. The molecule has 7 heteroatoms. The average molecular weight is 392 g/mol. The summed E-state index contributed by atoms with van der Waals surface area (Å²) < 4.78 is 5.25. The molecule has 0 radical (unpaired) electrons. The quantitative estimate of drug-likeness (QED) is 0.497. The van der Waals surface area contributed by atoms with Crippen molar-refractivity contribution in [1.29, 1.82) is 0 Å². The summed E-state index contributed by atoms with van der Waals surface area (Å²) in [4.78, 5) is 20.4. The second-order valence-electron chi connectivity index (χ2n) is 6.65. The van der Waals surface area contributed by atoms with E-state index in [-0.39, 0.29) is 5.43 Å². The number of aryl methyl sites for hydroxylation is 2. The van der Waals surface area contributed by atoms with Crippen LogP contribution in [0.5, 0.6) is 5.75 Å². The summed E-state index contributed by atoms with van der Waals surface area (Å²) in [7, 11) is 1.63. The molecule has 0 fully saturated rings. The van der Waals surface area contributed by atoms with Gasteiger partial charge in [-0.05, 0) is 43.2 Å². The second kappa shape index (κ2) is 7.52. The Labute approximate surface area is 166 Å². The van der Waals surface area contributed by atoms with Crippen LogP contribution >= 0.6 is 11.8 Å². The van der Waals surface area contributed by atoms with E-state index in [0.29, 0.717) is 16.7 Å². The predicted molar refractivity (Wildman–Crippen MR) is 112 cm³/mol. The zero-order valence-corrected chi connectivity index (χ0v) is 16.7. The van der Waals surface area contributed by atoms with Crippen molar-refractivity contribution in [1.82, 2.24) is 20.2 Å². The second-order valence-corrected chi connectivity index (χ2v) is 7.59. The van der Waals surface area contributed by atoms with Crippen molar-refractivity contribution in [3.05, 3.63) is 69.5 Å². The van der Waals surface area contributed by atoms with Gasteiger partial charge >= 0.3 is 0 Å². The van der Waals surface area contributed by atoms with Gasteiger partial charge in [-0.1, -0.05) is 30.0 Å². The molecule has 4 aromatic rings. The van der Waals surface area contributed by atoms with E-state index in [4.69, 9.17) is 4.74 Å². The van der Waals surface area contributed by atoms with Gasteiger partial charge in [-0.3, -0.25) is 9.89 Å². The first-order valence-corrected chi connectivity index (χ1v) is 9.85. The Balaban J connectivity index is 1.55. The van der Waals surface area contributed by atoms with Crippen molar-refractivity contribution < 1.29 is 4.74 Å². The lowest BCUT2D eigenvalue weighted by molar-refractivity contribution is 0.415. The smallest absolute Gasteiger partial charge is 0.209 e. The van der Waals surface area contributed by atoms with E-state index < -0.39 is 0 Å². The number of pyridine rings is 1. The summed E-state index contributed by atoms with van der Waals surface area (Å²) >= 11 is 1.47. The maximum atomic E-state index is 12.5. The summed E-state index contributed by atoms with van der Waals surface area (Å²) in [6.45, 7) is 4.01. The molecule has 2 heterocycles. The lowest BCUT2D eigenvalue weighted by atomic mass is 10.1. The number of benzene rings is 2. The molecule has 0 aliphatic rings. The highest BCUT2D eigenvalue weighted by Crippen LogP contribution is 2.25. The number of thioether (sulfide) groups is 1. The first kappa shape index (κ1) is 18.3. The van der Waals surface area contributed by atoms with E-state index in [1.165, 1.54) is 11.8 Å². The van der Waals surface area contributed by atoms with Gasteiger partial charge in [0.15, 0.2) is 11.3 Å². The minimum atomic E-state index is 0.0307. The summed E-state index contributed by atoms with van der Waals surface area (Å²) in [5.41, 5.74) is 4.83. The molecule has 0 bridgehead atoms. The number of aromatic amines is 2. The van der Waals surface area contributed by atoms with Gasteiger partial charge in [0.05, 0.1) is 12.6 Å². The fourth-order valence-corrected chi connectivity index (χ4v) is 3.90. The fraction of sp³-hybridized carbons (Fsp3) is 0.190. The van der Waals surface area contributed by atoms with E-state index in [9.17, 15) is 4.79 Å². The van der Waals surface area contributed by atoms with Crippen LogP contribution in [-0.4, -0.2) is 27.3 Å². The van der Waals surface area contributed by atoms with Gasteiger partial charge in [0.2, 0.25) is 5.16 Å². The van der Waals surface area contributed by atoms with Crippen molar-refractivity contribution in [3.8, 4) is 17.1 Å². The minimum absolute atomic E-state index is 0.0307. The molecule has 28 heavy (non-hydrogen) atoms. The van der Waals surface area contributed by atoms with Crippen LogP contribution in [-0.2, 0) is 5.75 Å². The number of hydrogen-bond donors (Lipinski definition) is 2. The molecule has 6 nitrogen and oxygen atoms in total. The van der Waals surface area contributed by atoms with Crippen LogP contribution in [0.25, 0.3) is 22.3 Å². The molecule has 0 amide bonds. The van der Waals surface area contributed by atoms with E-state index in [2.05, 4.69) is 26.2 Å². The van der Waals surface area contributed by atoms with Crippen molar-refractivity contribution in [2.75, 3.05) is 7.11 Å². The fourth-order valence-electron chi connectivity index (χ4n) is 3.19. The summed E-state index contributed by atoms with van der Waals surface area (Å²) in [5, 5.41) is 8.58. The number of nitrogens with zero attached hydrogens (tertiary/aromatic N) is 2. The monoisotopic (exact) mass is 392 g/mol. The molecule has 2 N–H and O–H groups in total. The summed E-state index contributed by atoms with van der Waals surface area (Å²) in [5.74, 6) is 2.02. The lowest BCUT2D eigenvalue weighted by Crippen LogP contribution is -2.06. The highest BCUT2D eigenvalue weighted by atomic mass is 32.2. The Morgan fingerprint density at radius 2 is 2.00 bits per heavy atom. The highest BCUT2D eigenvalue weighted by Gasteiger charge is 2.10. The molecule has 0 spiro atoms. The van der Waals surface area contributed by atoms with Crippen LogP contribution in [0.3, 0.4) is 0 Å². The Morgan fingerprint density at radius 3 is 2.82 bits per heavy atom. The number of hydrogen-bond acceptors (Lipinski definition) is 5. The molecule has 0 unspecified atom stereocenters. The Bertz CT molecular complexity index is 1210. The zero-order valence-electron chi connectivity index (χ0n) is 15.9. The number of fused-ring (bicyclic) bond motifs is 1. The van der Waals surface area contributed by atoms with Gasteiger partial charge in [-0.2, -0.15) is 0 Å². The van der Waals surface area contributed by atoms with Crippen LogP contribution in [0.4, 0.5) is 0 Å². The topological polar surface area (TPSA) is 83.7 Å². The molecular weight excluding hydrogens is 372 g/mol. The standard InChI is InChI=1S/C21H20N4O2S/c1-12-7-13(2)19-17(8-12)18(26)10-15(22-19)11-28-21-23-20(24-25-21)14-5-4-6-16(9-14)27-3/h4-10H,11H2,1-3H3,(H,22,26)(H,23,24,25). The molecule has 0 saturated carbocycles. The first-order chi connectivity index (χ1) is 13.5. The predicted octanol–water partition coefficient (Wildman–Crippen LogP) is 4.23. The van der Waals surface area contributed by atoms with Crippen LogP contribution in [0.15, 0.2) is 52.4 Å². The van der Waals surface area contributed by atoms with Gasteiger partial charge in [0.1, 0.15) is 5.75 Å². The molecule has 142 valence electrons. The molecule has 2 aromatic carbocycles. The van der Waals surface area contributed by atoms with E-state index in [1.807, 2.05) is 44.2 Å². The SMILES string of the molecule is COc1cccc(-c2nc(SCc3cc(=O)c4cc(C)cc(C)c4[nH]3)n[nH]2)c1. The van der Waals surface area contributed by atoms with E-state index in [0.717, 1.165) is 39.0 Å². The largest absolute Gasteiger partial charge is 0.497 e. The number of methoxy groups -OCH3 is 1. The van der Waals surface area contributed by atoms with E-state index >= 15 is 0 Å². The first-order valence-electron chi connectivity index (χ1n) is 8.86. The molecule has 0 aliphatic heterocycles. The summed E-state index contributed by atoms with van der Waals surface area (Å²) in [6, 6.07) is 13.3. The van der Waals surface area contributed by atoms with E-state index in [1.54, 1.807) is 13.2 Å². The van der Waals surface area contributed by atoms with Gasteiger partial charge in [-0.15, -0.1) is 5.10 Å². The third-order valence-corrected chi connectivity index (χ3v) is 5.40. The molecular formula is C21H20N4O2S. The van der Waals surface area contributed by atoms with Gasteiger partial charge in [0, 0.05) is 28.5 Å².